The van der Waals surface area contributed by atoms with Crippen LogP contribution in [0.4, 0.5) is 5.69 Å². The number of piperidine rings is 1. The molecule has 0 unspecified atom stereocenters. The predicted octanol–water partition coefficient (Wildman–Crippen LogP) is 3.15. The number of hydrogen-bond donors (Lipinski definition) is 0. The van der Waals surface area contributed by atoms with Crippen LogP contribution in [0.3, 0.4) is 0 Å². The number of hydrogen-bond acceptors (Lipinski definition) is 3. The van der Waals surface area contributed by atoms with Crippen LogP contribution >= 0.6 is 0 Å². The summed E-state index contributed by atoms with van der Waals surface area (Å²) in [6.45, 7) is 3.02. The Morgan fingerprint density at radius 1 is 1.19 bits per heavy atom. The minimum Gasteiger partial charge on any atom is -0.496 e. The molecule has 0 aromatic heterocycles. The summed E-state index contributed by atoms with van der Waals surface area (Å²) in [6.07, 6.45) is 1.57. The zero-order valence-electron chi connectivity index (χ0n) is 16.0. The van der Waals surface area contributed by atoms with Crippen LogP contribution in [-0.2, 0) is 10.2 Å². The first-order valence-electron chi connectivity index (χ1n) is 9.29. The summed E-state index contributed by atoms with van der Waals surface area (Å²) in [5, 5.41) is 0. The van der Waals surface area contributed by atoms with E-state index in [1.54, 1.807) is 12.0 Å². The molecule has 2 aliphatic heterocycles. The molecular weight excluding hydrogens is 340 g/mol. The number of likely N-dealkylation sites (tertiary alicyclic amines) is 1. The molecule has 27 heavy (non-hydrogen) atoms. The molecule has 0 radical (unpaired) electrons. The molecular formula is C22H24N2O3. The lowest BCUT2D eigenvalue weighted by molar-refractivity contribution is -0.124. The number of carbonyl (C=O) groups excluding carboxylic acids is 2. The van der Waals surface area contributed by atoms with Crippen LogP contribution in [0.2, 0.25) is 0 Å². The first kappa shape index (κ1) is 17.6. The van der Waals surface area contributed by atoms with E-state index in [2.05, 4.69) is 0 Å². The van der Waals surface area contributed by atoms with Gasteiger partial charge < -0.3 is 14.5 Å². The standard InChI is InChI=1S/C22H24N2O3/c1-15-9-10-16(19(13-15)27-3)20(25)24-12-6-11-22(14-24)17-7-4-5-8-18(17)23(2)21(22)26/h4-5,7-10,13H,6,11-12,14H2,1-3H3/t22-/m1/s1. The van der Waals surface area contributed by atoms with Crippen molar-refractivity contribution >= 4 is 17.5 Å². The van der Waals surface area contributed by atoms with Crippen molar-refractivity contribution in [3.63, 3.8) is 0 Å². The van der Waals surface area contributed by atoms with Crippen LogP contribution in [-0.4, -0.2) is 44.0 Å². The molecule has 5 nitrogen and oxygen atoms in total. The predicted molar refractivity (Wildman–Crippen MR) is 104 cm³/mol. The van der Waals surface area contributed by atoms with Crippen molar-refractivity contribution in [3.8, 4) is 5.75 Å². The SMILES string of the molecule is COc1cc(C)ccc1C(=O)N1CCC[C@]2(C1)C(=O)N(C)c1ccccc12. The molecule has 4 rings (SSSR count). The average molecular weight is 364 g/mol. The minimum atomic E-state index is -0.642. The molecule has 140 valence electrons. The van der Waals surface area contributed by atoms with Gasteiger partial charge in [-0.15, -0.1) is 0 Å². The van der Waals surface area contributed by atoms with E-state index < -0.39 is 5.41 Å². The van der Waals surface area contributed by atoms with Crippen LogP contribution < -0.4 is 9.64 Å². The lowest BCUT2D eigenvalue weighted by atomic mass is 9.75. The molecule has 1 saturated heterocycles. The van der Waals surface area contributed by atoms with Crippen LogP contribution in [0.25, 0.3) is 0 Å². The number of carbonyl (C=O) groups is 2. The van der Waals surface area contributed by atoms with Crippen molar-refractivity contribution in [1.82, 2.24) is 4.90 Å². The normalized spacial score (nSPS) is 21.5. The fourth-order valence-corrected chi connectivity index (χ4v) is 4.49. The van der Waals surface area contributed by atoms with Crippen molar-refractivity contribution in [2.75, 3.05) is 32.1 Å². The highest BCUT2D eigenvalue weighted by Crippen LogP contribution is 2.46. The second kappa shape index (κ2) is 6.41. The topological polar surface area (TPSA) is 49.9 Å². The number of anilines is 1. The van der Waals surface area contributed by atoms with E-state index in [-0.39, 0.29) is 11.8 Å². The Balaban J connectivity index is 1.70. The number of fused-ring (bicyclic) bond motifs is 2. The van der Waals surface area contributed by atoms with Gasteiger partial charge in [0.1, 0.15) is 5.75 Å². The number of rotatable bonds is 2. The van der Waals surface area contributed by atoms with Gasteiger partial charge in [-0.2, -0.15) is 0 Å². The molecule has 5 heteroatoms. The zero-order valence-corrected chi connectivity index (χ0v) is 16.0. The maximum atomic E-state index is 13.3. The number of amides is 2. The lowest BCUT2D eigenvalue weighted by Crippen LogP contribution is -2.53. The van der Waals surface area contributed by atoms with Gasteiger partial charge in [-0.1, -0.05) is 24.3 Å². The third-order valence-electron chi connectivity index (χ3n) is 5.86. The average Bonchev–Trinajstić information content (AvgIpc) is 2.90. The Morgan fingerprint density at radius 2 is 1.96 bits per heavy atom. The fourth-order valence-electron chi connectivity index (χ4n) is 4.49. The van der Waals surface area contributed by atoms with Crippen molar-refractivity contribution in [2.24, 2.45) is 0 Å². The van der Waals surface area contributed by atoms with Gasteiger partial charge in [-0.05, 0) is 49.1 Å². The number of ether oxygens (including phenoxy) is 1. The first-order valence-corrected chi connectivity index (χ1v) is 9.29. The van der Waals surface area contributed by atoms with E-state index in [1.165, 1.54) is 0 Å². The Bertz CT molecular complexity index is 924. The molecule has 2 amide bonds. The molecule has 2 aromatic rings. The van der Waals surface area contributed by atoms with E-state index in [1.807, 2.05) is 61.3 Å². The molecule has 2 aromatic carbocycles. The van der Waals surface area contributed by atoms with Crippen LogP contribution in [0.5, 0.6) is 5.75 Å². The Kier molecular flexibility index (Phi) is 4.17. The molecule has 1 atom stereocenters. The number of aryl methyl sites for hydroxylation is 1. The molecule has 0 bridgehead atoms. The van der Waals surface area contributed by atoms with Gasteiger partial charge in [0.25, 0.3) is 5.91 Å². The van der Waals surface area contributed by atoms with E-state index >= 15 is 0 Å². The van der Waals surface area contributed by atoms with Crippen LogP contribution in [0.1, 0.15) is 34.3 Å². The molecule has 0 N–H and O–H groups in total. The van der Waals surface area contributed by atoms with Crippen LogP contribution in [0, 0.1) is 6.92 Å². The molecule has 1 spiro atoms. The van der Waals surface area contributed by atoms with Gasteiger partial charge in [0.2, 0.25) is 5.91 Å². The van der Waals surface area contributed by atoms with E-state index in [9.17, 15) is 9.59 Å². The molecule has 2 aliphatic rings. The van der Waals surface area contributed by atoms with Gasteiger partial charge in [0.15, 0.2) is 0 Å². The molecule has 0 saturated carbocycles. The third kappa shape index (κ3) is 2.60. The van der Waals surface area contributed by atoms with Crippen molar-refractivity contribution in [2.45, 2.75) is 25.2 Å². The number of likely N-dealkylation sites (N-methyl/N-ethyl adjacent to an activating group) is 1. The second-order valence-corrected chi connectivity index (χ2v) is 7.50. The number of methoxy groups -OCH3 is 1. The summed E-state index contributed by atoms with van der Waals surface area (Å²) in [5.74, 6) is 0.581. The second-order valence-electron chi connectivity index (χ2n) is 7.50. The van der Waals surface area contributed by atoms with Gasteiger partial charge in [-0.3, -0.25) is 9.59 Å². The van der Waals surface area contributed by atoms with E-state index in [0.29, 0.717) is 24.4 Å². The Morgan fingerprint density at radius 3 is 2.74 bits per heavy atom. The maximum Gasteiger partial charge on any atom is 0.257 e. The number of para-hydroxylation sites is 1. The molecule has 1 fully saturated rings. The summed E-state index contributed by atoms with van der Waals surface area (Å²) in [7, 11) is 3.40. The van der Waals surface area contributed by atoms with Gasteiger partial charge in [-0.25, -0.2) is 0 Å². The Labute approximate surface area is 159 Å². The smallest absolute Gasteiger partial charge is 0.257 e. The van der Waals surface area contributed by atoms with Crippen molar-refractivity contribution in [1.29, 1.82) is 0 Å². The maximum absolute atomic E-state index is 13.3. The highest BCUT2D eigenvalue weighted by atomic mass is 16.5. The Hall–Kier alpha value is -2.82. The van der Waals surface area contributed by atoms with Crippen molar-refractivity contribution in [3.05, 3.63) is 59.2 Å². The quantitative estimate of drug-likeness (QED) is 0.823. The third-order valence-corrected chi connectivity index (χ3v) is 5.86. The highest BCUT2D eigenvalue weighted by Gasteiger charge is 2.52. The largest absolute Gasteiger partial charge is 0.496 e. The van der Waals surface area contributed by atoms with E-state index in [4.69, 9.17) is 4.74 Å². The van der Waals surface area contributed by atoms with Gasteiger partial charge in [0.05, 0.1) is 18.1 Å². The first-order chi connectivity index (χ1) is 13.0. The van der Waals surface area contributed by atoms with Crippen molar-refractivity contribution < 1.29 is 14.3 Å². The monoisotopic (exact) mass is 364 g/mol. The summed E-state index contributed by atoms with van der Waals surface area (Å²) in [6, 6.07) is 13.5. The summed E-state index contributed by atoms with van der Waals surface area (Å²) < 4.78 is 5.43. The summed E-state index contributed by atoms with van der Waals surface area (Å²) in [4.78, 5) is 30.0. The van der Waals surface area contributed by atoms with Gasteiger partial charge in [0, 0.05) is 25.8 Å². The highest BCUT2D eigenvalue weighted by molar-refractivity contribution is 6.08. The minimum absolute atomic E-state index is 0.0780. The van der Waals surface area contributed by atoms with Gasteiger partial charge >= 0.3 is 0 Å². The van der Waals surface area contributed by atoms with Crippen LogP contribution in [0.15, 0.2) is 42.5 Å². The lowest BCUT2D eigenvalue weighted by Gasteiger charge is -2.39. The molecule has 2 heterocycles. The number of nitrogens with zero attached hydrogens (tertiary/aromatic N) is 2. The summed E-state index contributed by atoms with van der Waals surface area (Å²) >= 11 is 0. The summed E-state index contributed by atoms with van der Waals surface area (Å²) in [5.41, 5.74) is 2.93. The van der Waals surface area contributed by atoms with E-state index in [0.717, 1.165) is 29.7 Å². The number of benzene rings is 2. The molecule has 0 aliphatic carbocycles. The fraction of sp³-hybridized carbons (Fsp3) is 0.364. The zero-order chi connectivity index (χ0) is 19.2.